The Morgan fingerprint density at radius 1 is 0.917 bits per heavy atom. The summed E-state index contributed by atoms with van der Waals surface area (Å²) < 4.78 is 11.4. The Morgan fingerprint density at radius 2 is 1.60 bits per heavy atom. The highest BCUT2D eigenvalue weighted by Crippen LogP contribution is 2.29. The minimum absolute atomic E-state index is 0.0146. The fourth-order valence-corrected chi connectivity index (χ4v) is 6.13. The summed E-state index contributed by atoms with van der Waals surface area (Å²) in [5.74, 6) is -0.900. The van der Waals surface area contributed by atoms with E-state index in [0.717, 1.165) is 16.3 Å². The molecular weight excluding hydrogens is 608 g/mol. The van der Waals surface area contributed by atoms with Crippen molar-refractivity contribution >= 4 is 45.6 Å². The van der Waals surface area contributed by atoms with Gasteiger partial charge in [0.25, 0.3) is 5.89 Å². The molecule has 5 rings (SSSR count). The topological polar surface area (TPSA) is 131 Å². The van der Waals surface area contributed by atoms with Crippen LogP contribution in [-0.2, 0) is 14.3 Å². The first-order valence-corrected chi connectivity index (χ1v) is 16.9. The van der Waals surface area contributed by atoms with E-state index in [9.17, 15) is 19.2 Å². The van der Waals surface area contributed by atoms with E-state index in [1.165, 1.54) is 0 Å². The zero-order chi connectivity index (χ0) is 34.3. The predicted octanol–water partition coefficient (Wildman–Crippen LogP) is 6.63. The number of benzene rings is 3. The Morgan fingerprint density at radius 3 is 2.33 bits per heavy atom. The fourth-order valence-electron chi connectivity index (χ4n) is 6.13. The predicted molar refractivity (Wildman–Crippen MR) is 185 cm³/mol. The number of aromatic nitrogens is 1. The van der Waals surface area contributed by atoms with Crippen LogP contribution >= 0.6 is 0 Å². The summed E-state index contributed by atoms with van der Waals surface area (Å²) in [5, 5.41) is 7.93. The van der Waals surface area contributed by atoms with Gasteiger partial charge in [-0.3, -0.25) is 14.4 Å². The maximum absolute atomic E-state index is 13.8. The Hall–Kier alpha value is -4.73. The molecule has 2 N–H and O–H groups in total. The van der Waals surface area contributed by atoms with Gasteiger partial charge in [-0.25, -0.2) is 9.78 Å². The van der Waals surface area contributed by atoms with Crippen LogP contribution < -0.4 is 10.6 Å². The van der Waals surface area contributed by atoms with Crippen LogP contribution in [0.5, 0.6) is 0 Å². The van der Waals surface area contributed by atoms with E-state index in [2.05, 4.69) is 15.6 Å². The van der Waals surface area contributed by atoms with Gasteiger partial charge < -0.3 is 24.7 Å². The summed E-state index contributed by atoms with van der Waals surface area (Å²) in [7, 11) is 0. The molecule has 2 unspecified atom stereocenters. The molecule has 3 aromatic carbocycles. The highest BCUT2D eigenvalue weighted by molar-refractivity contribution is 6.06. The number of nitrogens with one attached hydrogen (secondary N) is 2. The van der Waals surface area contributed by atoms with E-state index in [1.807, 2.05) is 94.4 Å². The number of likely N-dealkylation sites (tertiary alicyclic amines) is 1. The monoisotopic (exact) mass is 654 g/mol. The van der Waals surface area contributed by atoms with Crippen molar-refractivity contribution in [1.29, 1.82) is 0 Å². The SMILES string of the molecule is CC(CCNC(=O)C1CCN(C(=O)OC(C)(C)C)CC1)CC(=O)NCCC(C(=O)c1nc2c(ccc3ccccc32)o1)c1ccccc1. The van der Waals surface area contributed by atoms with Crippen LogP contribution in [0.4, 0.5) is 4.79 Å². The normalized spacial score (nSPS) is 15.2. The Balaban J connectivity index is 1.07. The largest absolute Gasteiger partial charge is 0.444 e. The van der Waals surface area contributed by atoms with Crippen LogP contribution in [0.3, 0.4) is 0 Å². The first-order chi connectivity index (χ1) is 23.0. The van der Waals surface area contributed by atoms with E-state index in [-0.39, 0.29) is 41.4 Å². The highest BCUT2D eigenvalue weighted by Gasteiger charge is 2.30. The van der Waals surface area contributed by atoms with Crippen molar-refractivity contribution in [3.05, 3.63) is 78.2 Å². The summed E-state index contributed by atoms with van der Waals surface area (Å²) in [6, 6.07) is 21.1. The highest BCUT2D eigenvalue weighted by atomic mass is 16.6. The second-order valence-electron chi connectivity index (χ2n) is 13.7. The van der Waals surface area contributed by atoms with Crippen molar-refractivity contribution in [3.8, 4) is 0 Å². The molecule has 1 saturated heterocycles. The summed E-state index contributed by atoms with van der Waals surface area (Å²) in [6.45, 7) is 9.27. The Labute approximate surface area is 281 Å². The van der Waals surface area contributed by atoms with Crippen molar-refractivity contribution in [1.82, 2.24) is 20.5 Å². The van der Waals surface area contributed by atoms with E-state index in [4.69, 9.17) is 9.15 Å². The Bertz CT molecular complexity index is 1740. The average Bonchev–Trinajstić information content (AvgIpc) is 3.51. The summed E-state index contributed by atoms with van der Waals surface area (Å²) in [5.41, 5.74) is 1.51. The van der Waals surface area contributed by atoms with Crippen molar-refractivity contribution in [2.24, 2.45) is 11.8 Å². The molecule has 2 heterocycles. The lowest BCUT2D eigenvalue weighted by atomic mass is 9.91. The summed E-state index contributed by atoms with van der Waals surface area (Å²) in [4.78, 5) is 57.9. The van der Waals surface area contributed by atoms with E-state index in [1.54, 1.807) is 4.90 Å². The van der Waals surface area contributed by atoms with Crippen LogP contribution in [0.25, 0.3) is 21.9 Å². The quantitative estimate of drug-likeness (QED) is 0.164. The molecular formula is C38H46N4O6. The molecule has 4 aromatic rings. The number of ketones is 1. The van der Waals surface area contributed by atoms with Gasteiger partial charge in [0.2, 0.25) is 17.6 Å². The number of Topliss-reactive ketones (excluding diaryl/α,β-unsaturated/α-hetero) is 1. The minimum Gasteiger partial charge on any atom is -0.444 e. The second-order valence-corrected chi connectivity index (χ2v) is 13.7. The molecule has 1 aliphatic heterocycles. The molecule has 10 nitrogen and oxygen atoms in total. The second kappa shape index (κ2) is 15.4. The van der Waals surface area contributed by atoms with Crippen LogP contribution in [0, 0.1) is 11.8 Å². The molecule has 254 valence electrons. The maximum atomic E-state index is 13.8. The lowest BCUT2D eigenvalue weighted by molar-refractivity contribution is -0.126. The van der Waals surface area contributed by atoms with Crippen molar-refractivity contribution < 1.29 is 28.3 Å². The van der Waals surface area contributed by atoms with Crippen molar-refractivity contribution in [2.45, 2.75) is 71.3 Å². The molecule has 1 fully saturated rings. The number of hydrogen-bond donors (Lipinski definition) is 2. The smallest absolute Gasteiger partial charge is 0.410 e. The number of carbonyl (C=O) groups is 4. The molecule has 48 heavy (non-hydrogen) atoms. The number of rotatable bonds is 12. The van der Waals surface area contributed by atoms with Crippen molar-refractivity contribution in [3.63, 3.8) is 0 Å². The molecule has 0 radical (unpaired) electrons. The zero-order valence-corrected chi connectivity index (χ0v) is 28.3. The third-order valence-electron chi connectivity index (χ3n) is 8.76. The van der Waals surface area contributed by atoms with Crippen LogP contribution in [0.1, 0.15) is 82.0 Å². The van der Waals surface area contributed by atoms with Gasteiger partial charge in [-0.1, -0.05) is 67.6 Å². The molecule has 1 aliphatic rings. The van der Waals surface area contributed by atoms with Gasteiger partial charge in [0, 0.05) is 43.9 Å². The number of nitrogens with zero attached hydrogens (tertiary/aromatic N) is 2. The molecule has 1 aromatic heterocycles. The van der Waals surface area contributed by atoms with Crippen LogP contribution in [0.2, 0.25) is 0 Å². The number of hydrogen-bond acceptors (Lipinski definition) is 7. The third-order valence-corrected chi connectivity index (χ3v) is 8.76. The molecule has 0 bridgehead atoms. The lowest BCUT2D eigenvalue weighted by Gasteiger charge is -2.33. The minimum atomic E-state index is -0.549. The Kier molecular flexibility index (Phi) is 11.1. The van der Waals surface area contributed by atoms with Gasteiger partial charge in [0.1, 0.15) is 11.1 Å². The van der Waals surface area contributed by atoms with Crippen LogP contribution in [-0.4, -0.2) is 65.4 Å². The van der Waals surface area contributed by atoms with E-state index in [0.29, 0.717) is 69.4 Å². The molecule has 3 amide bonds. The number of carbonyl (C=O) groups excluding carboxylic acids is 4. The van der Waals surface area contributed by atoms with Gasteiger partial charge >= 0.3 is 6.09 Å². The number of piperidine rings is 1. The number of ether oxygens (including phenoxy) is 1. The first-order valence-electron chi connectivity index (χ1n) is 16.9. The number of fused-ring (bicyclic) bond motifs is 3. The molecule has 10 heteroatoms. The maximum Gasteiger partial charge on any atom is 0.410 e. The van der Waals surface area contributed by atoms with Crippen LogP contribution in [0.15, 0.2) is 71.1 Å². The van der Waals surface area contributed by atoms with Gasteiger partial charge in [-0.05, 0) is 69.4 Å². The van der Waals surface area contributed by atoms with Gasteiger partial charge in [0.05, 0.1) is 5.92 Å². The van der Waals surface area contributed by atoms with Gasteiger partial charge in [-0.15, -0.1) is 0 Å². The number of oxazole rings is 1. The molecule has 0 saturated carbocycles. The summed E-state index contributed by atoms with van der Waals surface area (Å²) >= 11 is 0. The van der Waals surface area contributed by atoms with E-state index >= 15 is 0 Å². The standard InChI is InChI=1S/C38H46N4O6/c1-25(16-20-40-35(45)28-18-22-42(23-19-28)37(46)48-38(2,3)4)24-32(43)39-21-17-30(26-10-6-5-7-11-26)34(44)36-41-33-29-13-9-8-12-27(29)14-15-31(33)47-36/h5-15,25,28,30H,16-24H2,1-4H3,(H,39,43)(H,40,45). The average molecular weight is 655 g/mol. The molecule has 2 atom stereocenters. The summed E-state index contributed by atoms with van der Waals surface area (Å²) in [6.07, 6.45) is 2.22. The van der Waals surface area contributed by atoms with Gasteiger partial charge in [0.15, 0.2) is 5.58 Å². The van der Waals surface area contributed by atoms with Gasteiger partial charge in [-0.2, -0.15) is 0 Å². The fraction of sp³-hybridized carbons (Fsp3) is 0.447. The van der Waals surface area contributed by atoms with E-state index < -0.39 is 11.5 Å². The third kappa shape index (κ3) is 8.99. The molecule has 0 aliphatic carbocycles. The van der Waals surface area contributed by atoms with Crippen molar-refractivity contribution in [2.75, 3.05) is 26.2 Å². The number of amides is 3. The first kappa shape index (κ1) is 34.6. The molecule has 0 spiro atoms. The lowest BCUT2D eigenvalue weighted by Crippen LogP contribution is -2.45. The zero-order valence-electron chi connectivity index (χ0n) is 28.3.